The number of hydrogen-bond acceptors (Lipinski definition) is 7. The Morgan fingerprint density at radius 3 is 2.60 bits per heavy atom. The molecule has 2 fully saturated rings. The maximum Gasteiger partial charge on any atom is 0.241 e. The van der Waals surface area contributed by atoms with Crippen molar-refractivity contribution in [3.63, 3.8) is 0 Å². The molecular formula is C27H37N5O3. The van der Waals surface area contributed by atoms with E-state index in [9.17, 15) is 5.11 Å². The van der Waals surface area contributed by atoms with Gasteiger partial charge in [-0.2, -0.15) is 0 Å². The van der Waals surface area contributed by atoms with Crippen molar-refractivity contribution in [3.8, 4) is 11.1 Å². The number of aliphatic hydroxyl groups excluding tert-OH is 1. The van der Waals surface area contributed by atoms with E-state index in [2.05, 4.69) is 57.0 Å². The van der Waals surface area contributed by atoms with Crippen LogP contribution in [0.2, 0.25) is 0 Å². The first-order valence-electron chi connectivity index (χ1n) is 12.8. The third kappa shape index (κ3) is 5.67. The van der Waals surface area contributed by atoms with Gasteiger partial charge in [-0.05, 0) is 49.8 Å². The second kappa shape index (κ2) is 11.0. The van der Waals surface area contributed by atoms with Gasteiger partial charge < -0.3 is 19.9 Å². The lowest BCUT2D eigenvalue weighted by Gasteiger charge is -2.26. The largest absolute Gasteiger partial charge is 0.393 e. The summed E-state index contributed by atoms with van der Waals surface area (Å²) in [5.74, 6) is 0.974. The van der Waals surface area contributed by atoms with Gasteiger partial charge in [0.25, 0.3) is 0 Å². The van der Waals surface area contributed by atoms with Crippen molar-refractivity contribution in [2.45, 2.75) is 57.2 Å². The summed E-state index contributed by atoms with van der Waals surface area (Å²) in [6.07, 6.45) is 5.36. The molecule has 188 valence electrons. The highest BCUT2D eigenvalue weighted by Gasteiger charge is 2.25. The van der Waals surface area contributed by atoms with E-state index in [1.165, 1.54) is 16.8 Å². The third-order valence-corrected chi connectivity index (χ3v) is 7.23. The van der Waals surface area contributed by atoms with Crippen LogP contribution in [0.1, 0.15) is 49.8 Å². The van der Waals surface area contributed by atoms with Gasteiger partial charge in [-0.1, -0.05) is 24.3 Å². The number of aliphatic hydroxyl groups is 1. The fraction of sp³-hybridized carbons (Fsp3) is 0.556. The minimum atomic E-state index is -0.183. The van der Waals surface area contributed by atoms with Gasteiger partial charge in [0.1, 0.15) is 0 Å². The highest BCUT2D eigenvalue weighted by Crippen LogP contribution is 2.37. The van der Waals surface area contributed by atoms with Crippen molar-refractivity contribution in [1.82, 2.24) is 19.5 Å². The molecule has 1 saturated carbocycles. The molecule has 1 aromatic carbocycles. The van der Waals surface area contributed by atoms with Crippen molar-refractivity contribution in [3.05, 3.63) is 47.8 Å². The summed E-state index contributed by atoms with van der Waals surface area (Å²) in [6, 6.07) is 11.3. The number of aromatic nitrogens is 3. The van der Waals surface area contributed by atoms with E-state index in [-0.39, 0.29) is 12.1 Å². The molecule has 2 aromatic heterocycles. The topological polar surface area (TPSA) is 84.2 Å². The van der Waals surface area contributed by atoms with Gasteiger partial charge in [-0.3, -0.25) is 4.90 Å². The Hall–Kier alpha value is -2.52. The van der Waals surface area contributed by atoms with E-state index in [0.717, 1.165) is 69.6 Å². The number of nitrogens with zero attached hydrogens (tertiary/aromatic N) is 4. The molecule has 0 unspecified atom stereocenters. The molecular weight excluding hydrogens is 442 g/mol. The molecule has 5 rings (SSSR count). The average Bonchev–Trinajstić information content (AvgIpc) is 3.24. The van der Waals surface area contributed by atoms with Crippen LogP contribution in [0.25, 0.3) is 16.6 Å². The van der Waals surface area contributed by atoms with E-state index < -0.39 is 0 Å². The predicted molar refractivity (Wildman–Crippen MR) is 137 cm³/mol. The van der Waals surface area contributed by atoms with Crippen molar-refractivity contribution in [1.29, 1.82) is 0 Å². The first kappa shape index (κ1) is 24.2. The number of anilines is 1. The van der Waals surface area contributed by atoms with Crippen LogP contribution < -0.4 is 5.32 Å². The molecule has 8 heteroatoms. The zero-order chi connectivity index (χ0) is 24.2. The molecule has 0 spiro atoms. The van der Waals surface area contributed by atoms with E-state index in [0.29, 0.717) is 18.5 Å². The summed E-state index contributed by atoms with van der Waals surface area (Å²) < 4.78 is 12.8. The van der Waals surface area contributed by atoms with Crippen LogP contribution in [0, 0.1) is 0 Å². The summed E-state index contributed by atoms with van der Waals surface area (Å²) in [5, 5.41) is 18.3. The Bertz CT molecular complexity index is 1100. The summed E-state index contributed by atoms with van der Waals surface area (Å²) in [5.41, 5.74) is 5.85. The highest BCUT2D eigenvalue weighted by molar-refractivity contribution is 5.81. The van der Waals surface area contributed by atoms with Gasteiger partial charge in [-0.15, -0.1) is 5.10 Å². The standard InChI is InChI=1S/C27H37N5O3/c1-19(18-34-2)29-27-28-16-26-24(15-25(32(26)30-27)22-7-9-23(33)10-8-22)21-5-3-20(4-6-21)17-31-11-13-35-14-12-31/h3-6,15-16,19,22-23,33H,7-14,17-18H2,1-2H3,(H,29,30)/t19-,22?,23?/m0/s1. The number of morpholine rings is 1. The van der Waals surface area contributed by atoms with Gasteiger partial charge in [0.05, 0.1) is 37.6 Å². The molecule has 3 aromatic rings. The number of nitrogens with one attached hydrogen (secondary N) is 1. The SMILES string of the molecule is COC[C@H](C)Nc1ncc2c(-c3ccc(CN4CCOCC4)cc3)cc(C3CCC(O)CC3)n2n1. The molecule has 8 nitrogen and oxygen atoms in total. The first-order valence-corrected chi connectivity index (χ1v) is 12.8. The number of hydrogen-bond donors (Lipinski definition) is 2. The maximum absolute atomic E-state index is 10.0. The Kier molecular flexibility index (Phi) is 7.63. The van der Waals surface area contributed by atoms with Crippen LogP contribution in [0.4, 0.5) is 5.95 Å². The van der Waals surface area contributed by atoms with Gasteiger partial charge >= 0.3 is 0 Å². The molecule has 35 heavy (non-hydrogen) atoms. The average molecular weight is 480 g/mol. The van der Waals surface area contributed by atoms with Crippen LogP contribution >= 0.6 is 0 Å². The van der Waals surface area contributed by atoms with E-state index >= 15 is 0 Å². The van der Waals surface area contributed by atoms with Gasteiger partial charge in [-0.25, -0.2) is 9.50 Å². The van der Waals surface area contributed by atoms with Crippen LogP contribution in [0.15, 0.2) is 36.5 Å². The lowest BCUT2D eigenvalue weighted by atomic mass is 9.85. The van der Waals surface area contributed by atoms with Crippen LogP contribution in [-0.4, -0.2) is 76.8 Å². The number of methoxy groups -OCH3 is 1. The Balaban J connectivity index is 1.45. The number of rotatable bonds is 8. The fourth-order valence-electron chi connectivity index (χ4n) is 5.29. The maximum atomic E-state index is 10.0. The van der Waals surface area contributed by atoms with Crippen LogP contribution in [0.5, 0.6) is 0 Å². The van der Waals surface area contributed by atoms with Gasteiger partial charge in [0, 0.05) is 50.0 Å². The summed E-state index contributed by atoms with van der Waals surface area (Å²) >= 11 is 0. The van der Waals surface area contributed by atoms with E-state index in [4.69, 9.17) is 14.6 Å². The summed E-state index contributed by atoms with van der Waals surface area (Å²) in [4.78, 5) is 7.06. The lowest BCUT2D eigenvalue weighted by Crippen LogP contribution is -2.35. The van der Waals surface area contributed by atoms with Crippen molar-refractivity contribution in [2.24, 2.45) is 0 Å². The monoisotopic (exact) mass is 479 g/mol. The Labute approximate surface area is 207 Å². The molecule has 1 aliphatic heterocycles. The predicted octanol–water partition coefficient (Wildman–Crippen LogP) is 3.69. The molecule has 2 aliphatic rings. The third-order valence-electron chi connectivity index (χ3n) is 7.23. The minimum Gasteiger partial charge on any atom is -0.393 e. The number of fused-ring (bicyclic) bond motifs is 1. The molecule has 0 radical (unpaired) electrons. The van der Waals surface area contributed by atoms with E-state index in [1.54, 1.807) is 7.11 Å². The van der Waals surface area contributed by atoms with E-state index in [1.807, 2.05) is 6.20 Å². The van der Waals surface area contributed by atoms with Crippen molar-refractivity contribution in [2.75, 3.05) is 45.3 Å². The second-order valence-electron chi connectivity index (χ2n) is 9.95. The first-order chi connectivity index (χ1) is 17.1. The fourth-order valence-corrected chi connectivity index (χ4v) is 5.29. The van der Waals surface area contributed by atoms with Gasteiger partial charge in [0.2, 0.25) is 5.95 Å². The zero-order valence-corrected chi connectivity index (χ0v) is 20.8. The van der Waals surface area contributed by atoms with Crippen LogP contribution in [-0.2, 0) is 16.0 Å². The smallest absolute Gasteiger partial charge is 0.241 e. The quantitative estimate of drug-likeness (QED) is 0.510. The Morgan fingerprint density at radius 1 is 1.14 bits per heavy atom. The van der Waals surface area contributed by atoms with Gasteiger partial charge in [0.15, 0.2) is 0 Å². The highest BCUT2D eigenvalue weighted by atomic mass is 16.5. The van der Waals surface area contributed by atoms with Crippen LogP contribution in [0.3, 0.4) is 0 Å². The Morgan fingerprint density at radius 2 is 1.89 bits per heavy atom. The summed E-state index contributed by atoms with van der Waals surface area (Å²) in [7, 11) is 1.70. The van der Waals surface area contributed by atoms with Crippen molar-refractivity contribution >= 4 is 11.5 Å². The molecule has 1 saturated heterocycles. The molecule has 0 bridgehead atoms. The minimum absolute atomic E-state index is 0.111. The molecule has 1 aliphatic carbocycles. The number of ether oxygens (including phenoxy) is 2. The molecule has 0 amide bonds. The molecule has 2 N–H and O–H groups in total. The molecule has 3 heterocycles. The normalized spacial score (nSPS) is 22.4. The second-order valence-corrected chi connectivity index (χ2v) is 9.95. The zero-order valence-electron chi connectivity index (χ0n) is 20.8. The summed E-state index contributed by atoms with van der Waals surface area (Å²) in [6.45, 7) is 7.20. The van der Waals surface area contributed by atoms with Crippen molar-refractivity contribution < 1.29 is 14.6 Å². The lowest BCUT2D eigenvalue weighted by molar-refractivity contribution is 0.0342. The molecule has 1 atom stereocenters. The number of benzene rings is 1.